The minimum atomic E-state index is -0.250. The summed E-state index contributed by atoms with van der Waals surface area (Å²) in [5, 5.41) is 3.48. The fraction of sp³-hybridized carbons (Fsp3) is 0.211. The zero-order valence-electron chi connectivity index (χ0n) is 13.7. The summed E-state index contributed by atoms with van der Waals surface area (Å²) < 4.78 is 11.0. The van der Waals surface area contributed by atoms with Crippen LogP contribution in [0.3, 0.4) is 0 Å². The van der Waals surface area contributed by atoms with Crippen molar-refractivity contribution >= 4 is 29.3 Å². The van der Waals surface area contributed by atoms with Gasteiger partial charge in [-0.05, 0) is 49.8 Å². The molecule has 0 unspecified atom stereocenters. The van der Waals surface area contributed by atoms with Crippen molar-refractivity contribution in [3.63, 3.8) is 0 Å². The Balaban J connectivity index is 2.11. The Morgan fingerprint density at radius 3 is 2.46 bits per heavy atom. The standard InChI is InChI=1S/C19H20ClNO3/c1-3-23-16-10-11-18(24-4-2)17(13-16)21-19(22)12-7-14-5-8-15(20)9-6-14/h5-13H,3-4H2,1-2H3,(H,21,22)/b12-7+. The summed E-state index contributed by atoms with van der Waals surface area (Å²) in [6.45, 7) is 4.86. The third-order valence-corrected chi connectivity index (χ3v) is 3.37. The third kappa shape index (κ3) is 5.32. The zero-order chi connectivity index (χ0) is 17.4. The smallest absolute Gasteiger partial charge is 0.248 e. The highest BCUT2D eigenvalue weighted by atomic mass is 35.5. The van der Waals surface area contributed by atoms with Crippen LogP contribution in [0.25, 0.3) is 6.08 Å². The minimum absolute atomic E-state index is 0.250. The van der Waals surface area contributed by atoms with E-state index in [2.05, 4.69) is 5.32 Å². The molecule has 24 heavy (non-hydrogen) atoms. The van der Waals surface area contributed by atoms with Crippen LogP contribution < -0.4 is 14.8 Å². The van der Waals surface area contributed by atoms with Crippen molar-refractivity contribution in [3.8, 4) is 11.5 Å². The van der Waals surface area contributed by atoms with E-state index in [4.69, 9.17) is 21.1 Å². The van der Waals surface area contributed by atoms with Gasteiger partial charge in [0.15, 0.2) is 0 Å². The van der Waals surface area contributed by atoms with Crippen LogP contribution in [-0.2, 0) is 4.79 Å². The molecule has 0 heterocycles. The van der Waals surface area contributed by atoms with Gasteiger partial charge >= 0.3 is 0 Å². The van der Waals surface area contributed by atoms with Gasteiger partial charge in [0.05, 0.1) is 18.9 Å². The van der Waals surface area contributed by atoms with Gasteiger partial charge in [-0.15, -0.1) is 0 Å². The molecule has 0 fully saturated rings. The first-order chi connectivity index (χ1) is 11.6. The molecule has 5 heteroatoms. The lowest BCUT2D eigenvalue weighted by Gasteiger charge is -2.12. The number of hydrogen-bond acceptors (Lipinski definition) is 3. The summed E-state index contributed by atoms with van der Waals surface area (Å²) in [4.78, 5) is 12.2. The van der Waals surface area contributed by atoms with Crippen LogP contribution >= 0.6 is 11.6 Å². The second-order valence-electron chi connectivity index (χ2n) is 4.90. The van der Waals surface area contributed by atoms with Gasteiger partial charge in [0.1, 0.15) is 11.5 Å². The fourth-order valence-electron chi connectivity index (χ4n) is 2.06. The molecule has 0 saturated heterocycles. The fourth-order valence-corrected chi connectivity index (χ4v) is 2.19. The summed E-state index contributed by atoms with van der Waals surface area (Å²) >= 11 is 5.84. The molecule has 0 bridgehead atoms. The Kier molecular flexibility index (Phi) is 6.70. The Bertz CT molecular complexity index is 711. The normalized spacial score (nSPS) is 10.6. The van der Waals surface area contributed by atoms with Gasteiger partial charge in [-0.25, -0.2) is 0 Å². The van der Waals surface area contributed by atoms with Crippen LogP contribution in [0.5, 0.6) is 11.5 Å². The minimum Gasteiger partial charge on any atom is -0.494 e. The van der Waals surface area contributed by atoms with E-state index in [9.17, 15) is 4.79 Å². The van der Waals surface area contributed by atoms with E-state index in [0.29, 0.717) is 35.4 Å². The van der Waals surface area contributed by atoms with Gasteiger partial charge in [0.2, 0.25) is 5.91 Å². The van der Waals surface area contributed by atoms with Gasteiger partial charge in [0.25, 0.3) is 0 Å². The van der Waals surface area contributed by atoms with Crippen molar-refractivity contribution < 1.29 is 14.3 Å². The molecule has 2 aromatic carbocycles. The third-order valence-electron chi connectivity index (χ3n) is 3.12. The number of nitrogens with one attached hydrogen (secondary N) is 1. The number of anilines is 1. The molecule has 0 aliphatic rings. The molecule has 126 valence electrons. The van der Waals surface area contributed by atoms with Crippen molar-refractivity contribution in [1.29, 1.82) is 0 Å². The number of carbonyl (C=O) groups excluding carboxylic acids is 1. The van der Waals surface area contributed by atoms with Crippen LogP contribution in [-0.4, -0.2) is 19.1 Å². The van der Waals surface area contributed by atoms with E-state index in [1.807, 2.05) is 32.0 Å². The Morgan fingerprint density at radius 2 is 1.79 bits per heavy atom. The summed E-state index contributed by atoms with van der Waals surface area (Å²) in [5.74, 6) is 1.03. The van der Waals surface area contributed by atoms with Gasteiger partial charge in [0, 0.05) is 17.2 Å². The van der Waals surface area contributed by atoms with E-state index >= 15 is 0 Å². The molecule has 2 rings (SSSR count). The number of carbonyl (C=O) groups is 1. The van der Waals surface area contributed by atoms with Crippen LogP contribution in [0.15, 0.2) is 48.5 Å². The lowest BCUT2D eigenvalue weighted by molar-refractivity contribution is -0.111. The second-order valence-corrected chi connectivity index (χ2v) is 5.33. The average Bonchev–Trinajstić information content (AvgIpc) is 2.57. The molecular weight excluding hydrogens is 326 g/mol. The lowest BCUT2D eigenvalue weighted by atomic mass is 10.2. The topological polar surface area (TPSA) is 47.6 Å². The molecule has 0 atom stereocenters. The first-order valence-electron chi connectivity index (χ1n) is 7.76. The van der Waals surface area contributed by atoms with Crippen molar-refractivity contribution in [2.45, 2.75) is 13.8 Å². The Hall–Kier alpha value is -2.46. The molecule has 1 N–H and O–H groups in total. The molecular formula is C19H20ClNO3. The van der Waals surface area contributed by atoms with E-state index in [1.54, 1.807) is 30.3 Å². The summed E-state index contributed by atoms with van der Waals surface area (Å²) in [6.07, 6.45) is 3.19. The Labute approximate surface area is 147 Å². The molecule has 0 spiro atoms. The number of ether oxygens (including phenoxy) is 2. The van der Waals surface area contributed by atoms with E-state index < -0.39 is 0 Å². The molecule has 0 aliphatic carbocycles. The molecule has 4 nitrogen and oxygen atoms in total. The number of hydrogen-bond donors (Lipinski definition) is 1. The van der Waals surface area contributed by atoms with Gasteiger partial charge in [-0.1, -0.05) is 23.7 Å². The number of benzene rings is 2. The molecule has 0 radical (unpaired) electrons. The second kappa shape index (κ2) is 8.99. The molecule has 0 saturated carbocycles. The van der Waals surface area contributed by atoms with E-state index in [1.165, 1.54) is 6.08 Å². The highest BCUT2D eigenvalue weighted by molar-refractivity contribution is 6.30. The van der Waals surface area contributed by atoms with Crippen molar-refractivity contribution in [1.82, 2.24) is 0 Å². The van der Waals surface area contributed by atoms with Gasteiger partial charge in [-0.3, -0.25) is 4.79 Å². The maximum absolute atomic E-state index is 12.2. The first-order valence-corrected chi connectivity index (χ1v) is 8.14. The Morgan fingerprint density at radius 1 is 1.08 bits per heavy atom. The van der Waals surface area contributed by atoms with Gasteiger partial charge < -0.3 is 14.8 Å². The number of amides is 1. The van der Waals surface area contributed by atoms with Crippen LogP contribution in [0, 0.1) is 0 Å². The maximum atomic E-state index is 12.2. The molecule has 2 aromatic rings. The highest BCUT2D eigenvalue weighted by Crippen LogP contribution is 2.29. The van der Waals surface area contributed by atoms with Crippen molar-refractivity contribution in [3.05, 3.63) is 59.1 Å². The lowest BCUT2D eigenvalue weighted by Crippen LogP contribution is -2.10. The monoisotopic (exact) mass is 345 g/mol. The molecule has 1 amide bonds. The highest BCUT2D eigenvalue weighted by Gasteiger charge is 2.08. The predicted octanol–water partition coefficient (Wildman–Crippen LogP) is 4.79. The van der Waals surface area contributed by atoms with Crippen LogP contribution in [0.4, 0.5) is 5.69 Å². The van der Waals surface area contributed by atoms with E-state index in [0.717, 1.165) is 5.56 Å². The van der Waals surface area contributed by atoms with Gasteiger partial charge in [-0.2, -0.15) is 0 Å². The number of halogens is 1. The maximum Gasteiger partial charge on any atom is 0.248 e. The van der Waals surface area contributed by atoms with Crippen LogP contribution in [0.1, 0.15) is 19.4 Å². The van der Waals surface area contributed by atoms with E-state index in [-0.39, 0.29) is 5.91 Å². The summed E-state index contributed by atoms with van der Waals surface area (Å²) in [7, 11) is 0. The summed E-state index contributed by atoms with van der Waals surface area (Å²) in [5.41, 5.74) is 1.47. The molecule has 0 aromatic heterocycles. The number of rotatable bonds is 7. The van der Waals surface area contributed by atoms with Crippen LogP contribution in [0.2, 0.25) is 5.02 Å². The SMILES string of the molecule is CCOc1ccc(OCC)c(NC(=O)/C=C/c2ccc(Cl)cc2)c1. The largest absolute Gasteiger partial charge is 0.494 e. The summed E-state index contributed by atoms with van der Waals surface area (Å²) in [6, 6.07) is 12.6. The molecule has 0 aliphatic heterocycles. The first kappa shape index (κ1) is 17.9. The van der Waals surface area contributed by atoms with Crippen molar-refractivity contribution in [2.75, 3.05) is 18.5 Å². The quantitative estimate of drug-likeness (QED) is 0.734. The average molecular weight is 346 g/mol. The van der Waals surface area contributed by atoms with Crippen molar-refractivity contribution in [2.24, 2.45) is 0 Å². The zero-order valence-corrected chi connectivity index (χ0v) is 14.5. The predicted molar refractivity (Wildman–Crippen MR) is 97.9 cm³/mol.